The Labute approximate surface area is 103 Å². The molecule has 0 radical (unpaired) electrons. The topological polar surface area (TPSA) is 29.3 Å². The van der Waals surface area contributed by atoms with E-state index < -0.39 is 0 Å². The summed E-state index contributed by atoms with van der Waals surface area (Å²) in [6, 6.07) is 4.88. The lowest BCUT2D eigenvalue weighted by Gasteiger charge is -2.23. The number of anilines is 2. The molecule has 0 unspecified atom stereocenters. The van der Waals surface area contributed by atoms with Gasteiger partial charge in [-0.2, -0.15) is 0 Å². The Morgan fingerprint density at radius 1 is 1.35 bits per heavy atom. The first-order valence-corrected chi connectivity index (χ1v) is 6.43. The number of halogens is 1. The second-order valence-electron chi connectivity index (χ2n) is 5.04. The van der Waals surface area contributed by atoms with Crippen LogP contribution in [0, 0.1) is 11.7 Å². The SMILES string of the molecule is CN(CCC1CCCC1)c1c(N)cccc1F. The van der Waals surface area contributed by atoms with Gasteiger partial charge >= 0.3 is 0 Å². The highest BCUT2D eigenvalue weighted by molar-refractivity contribution is 5.67. The summed E-state index contributed by atoms with van der Waals surface area (Å²) in [5.74, 6) is 0.601. The van der Waals surface area contributed by atoms with Gasteiger partial charge < -0.3 is 10.6 Å². The van der Waals surface area contributed by atoms with E-state index in [1.165, 1.54) is 31.7 Å². The molecule has 1 aromatic carbocycles. The second-order valence-corrected chi connectivity index (χ2v) is 5.04. The normalized spacial score (nSPS) is 16.4. The van der Waals surface area contributed by atoms with Gasteiger partial charge in [0, 0.05) is 13.6 Å². The zero-order chi connectivity index (χ0) is 12.3. The smallest absolute Gasteiger partial charge is 0.148 e. The van der Waals surface area contributed by atoms with Crippen LogP contribution < -0.4 is 10.6 Å². The molecular weight excluding hydrogens is 215 g/mol. The molecule has 0 aliphatic heterocycles. The minimum Gasteiger partial charge on any atom is -0.397 e. The van der Waals surface area contributed by atoms with Gasteiger partial charge in [-0.25, -0.2) is 4.39 Å². The van der Waals surface area contributed by atoms with Crippen molar-refractivity contribution in [3.05, 3.63) is 24.0 Å². The third kappa shape index (κ3) is 2.90. The van der Waals surface area contributed by atoms with Gasteiger partial charge in [-0.15, -0.1) is 0 Å². The van der Waals surface area contributed by atoms with E-state index in [1.54, 1.807) is 12.1 Å². The molecule has 0 spiro atoms. The zero-order valence-corrected chi connectivity index (χ0v) is 10.5. The summed E-state index contributed by atoms with van der Waals surface area (Å²) >= 11 is 0. The summed E-state index contributed by atoms with van der Waals surface area (Å²) in [4.78, 5) is 1.95. The predicted molar refractivity (Wildman–Crippen MR) is 70.7 cm³/mol. The molecule has 1 aromatic rings. The third-order valence-corrected chi connectivity index (χ3v) is 3.75. The minimum absolute atomic E-state index is 0.223. The fourth-order valence-electron chi connectivity index (χ4n) is 2.72. The fourth-order valence-corrected chi connectivity index (χ4v) is 2.72. The molecule has 3 heteroatoms. The van der Waals surface area contributed by atoms with E-state index in [9.17, 15) is 4.39 Å². The maximum atomic E-state index is 13.7. The largest absolute Gasteiger partial charge is 0.397 e. The highest BCUT2D eigenvalue weighted by Crippen LogP contribution is 2.30. The second kappa shape index (κ2) is 5.39. The Hall–Kier alpha value is -1.25. The molecule has 2 rings (SSSR count). The molecule has 2 nitrogen and oxygen atoms in total. The van der Waals surface area contributed by atoms with E-state index in [0.29, 0.717) is 11.4 Å². The van der Waals surface area contributed by atoms with Crippen molar-refractivity contribution in [1.29, 1.82) is 0 Å². The van der Waals surface area contributed by atoms with Crippen molar-refractivity contribution in [3.8, 4) is 0 Å². The average Bonchev–Trinajstić information content (AvgIpc) is 2.79. The summed E-state index contributed by atoms with van der Waals surface area (Å²) in [5.41, 5.74) is 6.90. The van der Waals surface area contributed by atoms with E-state index in [4.69, 9.17) is 5.73 Å². The van der Waals surface area contributed by atoms with Crippen LogP contribution in [0.5, 0.6) is 0 Å². The van der Waals surface area contributed by atoms with Crippen LogP contribution in [-0.2, 0) is 0 Å². The summed E-state index contributed by atoms with van der Waals surface area (Å²) in [7, 11) is 1.92. The van der Waals surface area contributed by atoms with Crippen molar-refractivity contribution < 1.29 is 4.39 Å². The predicted octanol–water partition coefficient (Wildman–Crippen LogP) is 3.42. The number of hydrogen-bond acceptors (Lipinski definition) is 2. The molecule has 2 N–H and O–H groups in total. The van der Waals surface area contributed by atoms with Crippen LogP contribution in [-0.4, -0.2) is 13.6 Å². The molecule has 0 heterocycles. The number of para-hydroxylation sites is 1. The van der Waals surface area contributed by atoms with Gasteiger partial charge in [0.15, 0.2) is 0 Å². The van der Waals surface area contributed by atoms with Gasteiger partial charge in [0.1, 0.15) is 5.82 Å². The van der Waals surface area contributed by atoms with Gasteiger partial charge in [-0.1, -0.05) is 31.7 Å². The Morgan fingerprint density at radius 3 is 2.71 bits per heavy atom. The molecule has 1 saturated carbocycles. The Kier molecular flexibility index (Phi) is 3.87. The van der Waals surface area contributed by atoms with E-state index >= 15 is 0 Å². The zero-order valence-electron chi connectivity index (χ0n) is 10.5. The number of benzene rings is 1. The lowest BCUT2D eigenvalue weighted by atomic mass is 10.0. The highest BCUT2D eigenvalue weighted by atomic mass is 19.1. The average molecular weight is 236 g/mol. The number of nitrogens with two attached hydrogens (primary N) is 1. The number of hydrogen-bond donors (Lipinski definition) is 1. The Morgan fingerprint density at radius 2 is 2.06 bits per heavy atom. The van der Waals surface area contributed by atoms with Crippen molar-refractivity contribution >= 4 is 11.4 Å². The molecule has 0 atom stereocenters. The maximum Gasteiger partial charge on any atom is 0.148 e. The molecule has 94 valence electrons. The molecule has 1 fully saturated rings. The van der Waals surface area contributed by atoms with Crippen LogP contribution in [0.2, 0.25) is 0 Å². The molecular formula is C14H21FN2. The van der Waals surface area contributed by atoms with Crippen molar-refractivity contribution in [2.75, 3.05) is 24.2 Å². The van der Waals surface area contributed by atoms with Crippen LogP contribution in [0.25, 0.3) is 0 Å². The van der Waals surface area contributed by atoms with Crippen molar-refractivity contribution in [1.82, 2.24) is 0 Å². The lowest BCUT2D eigenvalue weighted by molar-refractivity contribution is 0.503. The first kappa shape index (κ1) is 12.2. The first-order valence-electron chi connectivity index (χ1n) is 6.43. The standard InChI is InChI=1S/C14H21FN2/c1-17(10-9-11-5-2-3-6-11)14-12(15)7-4-8-13(14)16/h4,7-8,11H,2-3,5-6,9-10,16H2,1H3. The summed E-state index contributed by atoms with van der Waals surface area (Å²) < 4.78 is 13.7. The van der Waals surface area contributed by atoms with Crippen LogP contribution in [0.3, 0.4) is 0 Å². The van der Waals surface area contributed by atoms with Gasteiger partial charge in [0.25, 0.3) is 0 Å². The van der Waals surface area contributed by atoms with E-state index in [2.05, 4.69) is 0 Å². The monoisotopic (exact) mass is 236 g/mol. The van der Waals surface area contributed by atoms with Gasteiger partial charge in [0.05, 0.1) is 11.4 Å². The van der Waals surface area contributed by atoms with E-state index in [0.717, 1.165) is 18.9 Å². The summed E-state index contributed by atoms with van der Waals surface area (Å²) in [5, 5.41) is 0. The van der Waals surface area contributed by atoms with Crippen molar-refractivity contribution in [2.24, 2.45) is 5.92 Å². The number of nitrogens with zero attached hydrogens (tertiary/aromatic N) is 1. The Bertz CT molecular complexity index is 352. The van der Waals surface area contributed by atoms with Crippen LogP contribution in [0.4, 0.5) is 15.8 Å². The summed E-state index contributed by atoms with van der Waals surface area (Å²) in [6.07, 6.45) is 6.53. The molecule has 0 amide bonds. The number of rotatable bonds is 4. The first-order chi connectivity index (χ1) is 8.18. The van der Waals surface area contributed by atoms with Crippen molar-refractivity contribution in [3.63, 3.8) is 0 Å². The van der Waals surface area contributed by atoms with Crippen LogP contribution in [0.15, 0.2) is 18.2 Å². The summed E-state index contributed by atoms with van der Waals surface area (Å²) in [6.45, 7) is 0.885. The maximum absolute atomic E-state index is 13.7. The van der Waals surface area contributed by atoms with Crippen LogP contribution in [0.1, 0.15) is 32.1 Å². The molecule has 1 aliphatic carbocycles. The lowest BCUT2D eigenvalue weighted by Crippen LogP contribution is -2.22. The van der Waals surface area contributed by atoms with Crippen LogP contribution >= 0.6 is 0 Å². The van der Waals surface area contributed by atoms with Gasteiger partial charge in [-0.3, -0.25) is 0 Å². The number of nitrogen functional groups attached to an aromatic ring is 1. The molecule has 17 heavy (non-hydrogen) atoms. The van der Waals surface area contributed by atoms with Crippen molar-refractivity contribution in [2.45, 2.75) is 32.1 Å². The quantitative estimate of drug-likeness (QED) is 0.812. The van der Waals surface area contributed by atoms with E-state index in [1.807, 2.05) is 11.9 Å². The van der Waals surface area contributed by atoms with Gasteiger partial charge in [0.2, 0.25) is 0 Å². The van der Waals surface area contributed by atoms with Gasteiger partial charge in [-0.05, 0) is 24.5 Å². The Balaban J connectivity index is 1.96. The molecule has 1 aliphatic rings. The molecule has 0 aromatic heterocycles. The highest BCUT2D eigenvalue weighted by Gasteiger charge is 2.17. The minimum atomic E-state index is -0.223. The van der Waals surface area contributed by atoms with E-state index in [-0.39, 0.29) is 5.82 Å². The fraction of sp³-hybridized carbons (Fsp3) is 0.571. The molecule has 0 bridgehead atoms. The molecule has 0 saturated heterocycles. The third-order valence-electron chi connectivity index (χ3n) is 3.75.